The van der Waals surface area contributed by atoms with E-state index in [0.29, 0.717) is 5.56 Å². The number of alkyl halides is 3. The molecular weight excluding hydrogens is 430 g/mol. The lowest BCUT2D eigenvalue weighted by atomic mass is 10.0. The monoisotopic (exact) mass is 445 g/mol. The average Bonchev–Trinajstić information content (AvgIpc) is 3.07. The third-order valence-electron chi connectivity index (χ3n) is 4.28. The Kier molecular flexibility index (Phi) is 6.22. The molecule has 0 fully saturated rings. The minimum absolute atomic E-state index is 0.0634. The minimum Gasteiger partial charge on any atom is -0.462 e. The van der Waals surface area contributed by atoms with Gasteiger partial charge >= 0.3 is 12.1 Å². The summed E-state index contributed by atoms with van der Waals surface area (Å²) in [6.45, 7) is 3.37. The molecule has 2 heterocycles. The van der Waals surface area contributed by atoms with Crippen LogP contribution in [0, 0.1) is 6.92 Å². The van der Waals surface area contributed by atoms with E-state index in [1.807, 2.05) is 0 Å². The quantitative estimate of drug-likeness (QED) is 0.544. The first-order valence-electron chi connectivity index (χ1n) is 8.65. The van der Waals surface area contributed by atoms with Crippen LogP contribution in [0.15, 0.2) is 36.4 Å². The van der Waals surface area contributed by atoms with E-state index in [4.69, 9.17) is 32.7 Å². The smallest absolute Gasteiger partial charge is 0.418 e. The van der Waals surface area contributed by atoms with Gasteiger partial charge < -0.3 is 9.47 Å². The Hall–Kier alpha value is -2.09. The predicted octanol–water partition coefficient (Wildman–Crippen LogP) is 5.96. The SMILES string of the molecule is CCOC(=O)c1ccc(C2=CC(c3cc(Cl)cc(Cl)c3)OC2C(F)(F)F)nc1C. The Balaban J connectivity index is 2.02. The second-order valence-electron chi connectivity index (χ2n) is 6.35. The maximum atomic E-state index is 13.6. The summed E-state index contributed by atoms with van der Waals surface area (Å²) >= 11 is 11.9. The molecule has 0 aliphatic carbocycles. The Morgan fingerprint density at radius 2 is 1.86 bits per heavy atom. The van der Waals surface area contributed by atoms with Crippen molar-refractivity contribution < 1.29 is 27.4 Å². The van der Waals surface area contributed by atoms with Crippen LogP contribution < -0.4 is 0 Å². The maximum Gasteiger partial charge on any atom is 0.418 e. The first-order valence-corrected chi connectivity index (χ1v) is 9.40. The largest absolute Gasteiger partial charge is 0.462 e. The lowest BCUT2D eigenvalue weighted by Crippen LogP contribution is -2.30. The number of hydrogen-bond donors (Lipinski definition) is 0. The van der Waals surface area contributed by atoms with Crippen LogP contribution in [-0.2, 0) is 9.47 Å². The van der Waals surface area contributed by atoms with Crippen molar-refractivity contribution in [3.05, 3.63) is 69.0 Å². The zero-order chi connectivity index (χ0) is 21.3. The number of aromatic nitrogens is 1. The van der Waals surface area contributed by atoms with E-state index in [1.54, 1.807) is 6.92 Å². The summed E-state index contributed by atoms with van der Waals surface area (Å²) in [6.07, 6.45) is -6.49. The number of benzene rings is 1. The van der Waals surface area contributed by atoms with Crippen LogP contribution in [0.4, 0.5) is 13.2 Å². The van der Waals surface area contributed by atoms with Gasteiger partial charge in [-0.3, -0.25) is 4.98 Å². The molecule has 1 aromatic heterocycles. The van der Waals surface area contributed by atoms with E-state index in [0.717, 1.165) is 0 Å². The zero-order valence-corrected chi connectivity index (χ0v) is 16.9. The highest BCUT2D eigenvalue weighted by Crippen LogP contribution is 2.44. The molecular formula is C20H16Cl2F3NO3. The zero-order valence-electron chi connectivity index (χ0n) is 15.4. The number of carbonyl (C=O) groups is 1. The van der Waals surface area contributed by atoms with Crippen LogP contribution in [0.25, 0.3) is 5.57 Å². The Bertz CT molecular complexity index is 956. The third-order valence-corrected chi connectivity index (χ3v) is 4.72. The molecule has 3 rings (SSSR count). The summed E-state index contributed by atoms with van der Waals surface area (Å²) < 4.78 is 51.1. The van der Waals surface area contributed by atoms with Gasteiger partial charge in [0.15, 0.2) is 6.10 Å². The summed E-state index contributed by atoms with van der Waals surface area (Å²) in [5, 5.41) is 0.573. The number of pyridine rings is 1. The van der Waals surface area contributed by atoms with Crippen molar-refractivity contribution in [1.29, 1.82) is 0 Å². The van der Waals surface area contributed by atoms with Gasteiger partial charge in [-0.25, -0.2) is 4.79 Å². The van der Waals surface area contributed by atoms with Gasteiger partial charge in [-0.1, -0.05) is 23.2 Å². The van der Waals surface area contributed by atoms with E-state index in [-0.39, 0.29) is 39.2 Å². The van der Waals surface area contributed by atoms with E-state index in [9.17, 15) is 18.0 Å². The van der Waals surface area contributed by atoms with Crippen molar-refractivity contribution in [2.45, 2.75) is 32.2 Å². The molecule has 9 heteroatoms. The van der Waals surface area contributed by atoms with E-state index >= 15 is 0 Å². The van der Waals surface area contributed by atoms with Crippen LogP contribution in [0.3, 0.4) is 0 Å². The summed E-state index contributed by atoms with van der Waals surface area (Å²) in [5.41, 5.74) is 0.770. The number of rotatable bonds is 4. The van der Waals surface area contributed by atoms with Crippen LogP contribution in [0.5, 0.6) is 0 Å². The Morgan fingerprint density at radius 1 is 1.21 bits per heavy atom. The second kappa shape index (κ2) is 8.34. The van der Waals surface area contributed by atoms with Crippen LogP contribution >= 0.6 is 23.2 Å². The molecule has 0 amide bonds. The Morgan fingerprint density at radius 3 is 2.41 bits per heavy atom. The molecule has 0 saturated heterocycles. The second-order valence-corrected chi connectivity index (χ2v) is 7.23. The number of halogens is 5. The maximum absolute atomic E-state index is 13.6. The first-order chi connectivity index (χ1) is 13.6. The number of nitrogens with zero attached hydrogens (tertiary/aromatic N) is 1. The molecule has 2 unspecified atom stereocenters. The predicted molar refractivity (Wildman–Crippen MR) is 103 cm³/mol. The van der Waals surface area contributed by atoms with Gasteiger partial charge in [0.2, 0.25) is 0 Å². The molecule has 1 aliphatic heterocycles. The third kappa shape index (κ3) is 4.74. The number of aryl methyl sites for hydroxylation is 1. The standard InChI is InChI=1S/C20H16Cl2F3NO3/c1-3-28-19(27)14-4-5-16(26-10(14)2)15-9-17(29-18(15)20(23,24)25)11-6-12(21)8-13(22)7-11/h4-9,17-18H,3H2,1-2H3. The molecule has 0 saturated carbocycles. The van der Waals surface area contributed by atoms with Gasteiger partial charge in [-0.05, 0) is 55.8 Å². The first kappa shape index (κ1) is 21.6. The topological polar surface area (TPSA) is 48.4 Å². The number of hydrogen-bond acceptors (Lipinski definition) is 4. The van der Waals surface area contributed by atoms with Gasteiger partial charge in [0.1, 0.15) is 6.10 Å². The molecule has 2 aromatic rings. The molecule has 0 N–H and O–H groups in total. The van der Waals surface area contributed by atoms with Crippen molar-refractivity contribution in [2.24, 2.45) is 0 Å². The fourth-order valence-electron chi connectivity index (χ4n) is 3.04. The molecule has 2 atom stereocenters. The minimum atomic E-state index is -4.65. The number of carbonyl (C=O) groups excluding carboxylic acids is 1. The van der Waals surface area contributed by atoms with Crippen molar-refractivity contribution in [3.8, 4) is 0 Å². The number of esters is 1. The van der Waals surface area contributed by atoms with E-state index < -0.39 is 24.4 Å². The molecule has 0 radical (unpaired) electrons. The molecule has 1 aromatic carbocycles. The highest BCUT2D eigenvalue weighted by molar-refractivity contribution is 6.34. The van der Waals surface area contributed by atoms with Gasteiger partial charge in [0, 0.05) is 15.6 Å². The van der Waals surface area contributed by atoms with E-state index in [2.05, 4.69) is 4.98 Å². The lowest BCUT2D eigenvalue weighted by molar-refractivity contribution is -0.203. The van der Waals surface area contributed by atoms with Gasteiger partial charge in [0.25, 0.3) is 0 Å². The van der Waals surface area contributed by atoms with Crippen molar-refractivity contribution >= 4 is 34.7 Å². The van der Waals surface area contributed by atoms with Crippen molar-refractivity contribution in [2.75, 3.05) is 6.61 Å². The number of ether oxygens (including phenoxy) is 2. The highest BCUT2D eigenvalue weighted by Gasteiger charge is 2.48. The van der Waals surface area contributed by atoms with Crippen molar-refractivity contribution in [3.63, 3.8) is 0 Å². The van der Waals surface area contributed by atoms with Gasteiger partial charge in [-0.2, -0.15) is 13.2 Å². The lowest BCUT2D eigenvalue weighted by Gasteiger charge is -2.20. The fourth-order valence-corrected chi connectivity index (χ4v) is 3.59. The van der Waals surface area contributed by atoms with Crippen LogP contribution in [0.2, 0.25) is 10.0 Å². The summed E-state index contributed by atoms with van der Waals surface area (Å²) in [7, 11) is 0. The van der Waals surface area contributed by atoms with E-state index in [1.165, 1.54) is 43.3 Å². The average molecular weight is 446 g/mol. The molecule has 154 valence electrons. The molecule has 0 bridgehead atoms. The summed E-state index contributed by atoms with van der Waals surface area (Å²) in [5.74, 6) is -0.584. The van der Waals surface area contributed by atoms with Gasteiger partial charge in [0.05, 0.1) is 23.6 Å². The molecule has 0 spiro atoms. The van der Waals surface area contributed by atoms with Crippen molar-refractivity contribution in [1.82, 2.24) is 4.98 Å². The summed E-state index contributed by atoms with van der Waals surface area (Å²) in [6, 6.07) is 7.21. The van der Waals surface area contributed by atoms with Gasteiger partial charge in [-0.15, -0.1) is 0 Å². The molecule has 4 nitrogen and oxygen atoms in total. The normalized spacial score (nSPS) is 19.2. The van der Waals surface area contributed by atoms with Crippen LogP contribution in [0.1, 0.15) is 40.3 Å². The fraction of sp³-hybridized carbons (Fsp3) is 0.300. The molecule has 1 aliphatic rings. The highest BCUT2D eigenvalue weighted by atomic mass is 35.5. The van der Waals surface area contributed by atoms with Crippen LogP contribution in [-0.4, -0.2) is 29.8 Å². The molecule has 29 heavy (non-hydrogen) atoms. The summed E-state index contributed by atoms with van der Waals surface area (Å²) in [4.78, 5) is 16.1. The Labute approximate surface area is 175 Å².